The Morgan fingerprint density at radius 1 is 1.12 bits per heavy atom. The molecule has 0 bridgehead atoms. The largest absolute Gasteiger partial charge is 0.456 e. The van der Waals surface area contributed by atoms with Gasteiger partial charge >= 0.3 is 12.1 Å². The van der Waals surface area contributed by atoms with Crippen LogP contribution in [0.2, 0.25) is 5.02 Å². The maximum atomic E-state index is 12.9. The van der Waals surface area contributed by atoms with Crippen LogP contribution in [0.3, 0.4) is 0 Å². The van der Waals surface area contributed by atoms with Crippen LogP contribution in [0.4, 0.5) is 18.9 Å². The number of para-hydroxylation sites is 1. The first kappa shape index (κ1) is 23.1. The number of fused-ring (bicyclic) bond motifs is 1. The lowest BCUT2D eigenvalue weighted by molar-refractivity contribution is -0.147. The maximum absolute atomic E-state index is 12.9. The van der Waals surface area contributed by atoms with E-state index in [-0.39, 0.29) is 24.3 Å². The summed E-state index contributed by atoms with van der Waals surface area (Å²) in [5, 5.41) is 11.5. The number of benzene rings is 2. The van der Waals surface area contributed by atoms with Crippen molar-refractivity contribution in [1.29, 1.82) is 0 Å². The van der Waals surface area contributed by atoms with Crippen molar-refractivity contribution in [3.63, 3.8) is 0 Å². The number of nitrogens with zero attached hydrogens (tertiary/aromatic N) is 1. The number of aromatic amines is 1. The minimum absolute atomic E-state index is 0.0629. The van der Waals surface area contributed by atoms with Gasteiger partial charge in [-0.25, -0.2) is 0 Å². The van der Waals surface area contributed by atoms with Gasteiger partial charge in [-0.2, -0.15) is 18.3 Å². The second-order valence-electron chi connectivity index (χ2n) is 6.52. The average Bonchev–Trinajstić information content (AvgIpc) is 3.17. The third-order valence-electron chi connectivity index (χ3n) is 4.22. The number of alkyl halides is 3. The van der Waals surface area contributed by atoms with Gasteiger partial charge in [0.2, 0.25) is 0 Å². The van der Waals surface area contributed by atoms with Crippen molar-refractivity contribution in [3.8, 4) is 0 Å². The number of anilines is 1. The summed E-state index contributed by atoms with van der Waals surface area (Å²) in [4.78, 5) is 35.8. The average molecular weight is 469 g/mol. The number of hydrogen-bond donors (Lipinski definition) is 3. The summed E-state index contributed by atoms with van der Waals surface area (Å²) in [7, 11) is 0. The molecule has 0 unspecified atom stereocenters. The molecular weight excluding hydrogens is 453 g/mol. The summed E-state index contributed by atoms with van der Waals surface area (Å²) < 4.78 is 43.3. The van der Waals surface area contributed by atoms with Gasteiger partial charge < -0.3 is 15.4 Å². The normalized spacial score (nSPS) is 11.2. The zero-order valence-corrected chi connectivity index (χ0v) is 17.0. The van der Waals surface area contributed by atoms with Crippen LogP contribution in [-0.4, -0.2) is 41.1 Å². The van der Waals surface area contributed by atoms with Crippen LogP contribution in [0.15, 0.2) is 42.5 Å². The van der Waals surface area contributed by atoms with E-state index in [1.165, 1.54) is 6.07 Å². The Morgan fingerprint density at radius 2 is 1.88 bits per heavy atom. The van der Waals surface area contributed by atoms with E-state index in [0.29, 0.717) is 17.0 Å². The lowest BCUT2D eigenvalue weighted by Gasteiger charge is -2.12. The standard InChI is InChI=1S/C20H16ClF3N4O4/c21-14-6-5-11(9-13(14)20(22,23)24)26-16(29)10-32-17(30)7-8-25-19(31)18-12-3-1-2-4-15(12)27-28-18/h1-6,9H,7-8,10H2,(H,25,31)(H,26,29)(H,27,28). The molecule has 0 aliphatic heterocycles. The van der Waals surface area contributed by atoms with Gasteiger partial charge in [-0.05, 0) is 24.3 Å². The Balaban J connectivity index is 1.43. The van der Waals surface area contributed by atoms with E-state index in [9.17, 15) is 27.6 Å². The highest BCUT2D eigenvalue weighted by Gasteiger charge is 2.33. The van der Waals surface area contributed by atoms with Crippen molar-refractivity contribution in [2.45, 2.75) is 12.6 Å². The summed E-state index contributed by atoms with van der Waals surface area (Å²) in [5.74, 6) is -2.10. The van der Waals surface area contributed by atoms with Gasteiger partial charge in [0.05, 0.1) is 22.5 Å². The Bertz CT molecular complexity index is 1160. The second-order valence-corrected chi connectivity index (χ2v) is 6.93. The zero-order valence-electron chi connectivity index (χ0n) is 16.3. The van der Waals surface area contributed by atoms with E-state index < -0.39 is 41.2 Å². The van der Waals surface area contributed by atoms with Crippen molar-refractivity contribution in [2.75, 3.05) is 18.5 Å². The van der Waals surface area contributed by atoms with Crippen LogP contribution >= 0.6 is 11.6 Å². The second kappa shape index (κ2) is 9.69. The van der Waals surface area contributed by atoms with Crippen LogP contribution in [0.5, 0.6) is 0 Å². The number of hydrogen-bond acceptors (Lipinski definition) is 5. The van der Waals surface area contributed by atoms with Crippen LogP contribution in [0, 0.1) is 0 Å². The third kappa shape index (κ3) is 5.76. The molecule has 0 radical (unpaired) electrons. The molecule has 3 aromatic rings. The van der Waals surface area contributed by atoms with E-state index in [0.717, 1.165) is 6.07 Å². The minimum atomic E-state index is -4.68. The maximum Gasteiger partial charge on any atom is 0.417 e. The van der Waals surface area contributed by atoms with Gasteiger partial charge in [-0.1, -0.05) is 29.8 Å². The van der Waals surface area contributed by atoms with Crippen molar-refractivity contribution in [1.82, 2.24) is 15.5 Å². The van der Waals surface area contributed by atoms with Crippen LogP contribution in [-0.2, 0) is 20.5 Å². The lowest BCUT2D eigenvalue weighted by Crippen LogP contribution is -2.28. The van der Waals surface area contributed by atoms with Crippen molar-refractivity contribution >= 4 is 46.0 Å². The van der Waals surface area contributed by atoms with Gasteiger partial charge in [0.1, 0.15) is 0 Å². The first-order valence-corrected chi connectivity index (χ1v) is 9.56. The minimum Gasteiger partial charge on any atom is -0.456 e. The number of H-pyrrole nitrogens is 1. The number of halogens is 4. The molecule has 1 aromatic heterocycles. The number of rotatable bonds is 7. The SMILES string of the molecule is O=C(COC(=O)CCNC(=O)c1n[nH]c2ccccc12)Nc1ccc(Cl)c(C(F)(F)F)c1. The Labute approximate surface area is 184 Å². The van der Waals surface area contributed by atoms with E-state index in [1.807, 2.05) is 0 Å². The molecule has 168 valence electrons. The van der Waals surface area contributed by atoms with Crippen LogP contribution in [0.25, 0.3) is 10.9 Å². The number of carbonyl (C=O) groups is 3. The number of amides is 2. The van der Waals surface area contributed by atoms with Crippen molar-refractivity contribution in [3.05, 3.63) is 58.7 Å². The van der Waals surface area contributed by atoms with Gasteiger partial charge in [0, 0.05) is 17.6 Å². The summed E-state index contributed by atoms with van der Waals surface area (Å²) in [6, 6.07) is 9.88. The quantitative estimate of drug-likeness (QED) is 0.459. The number of carbonyl (C=O) groups excluding carboxylic acids is 3. The predicted molar refractivity (Wildman–Crippen MR) is 109 cm³/mol. The van der Waals surface area contributed by atoms with Crippen molar-refractivity contribution < 1.29 is 32.3 Å². The number of nitrogens with one attached hydrogen (secondary N) is 3. The molecule has 2 amide bonds. The molecule has 0 atom stereocenters. The lowest BCUT2D eigenvalue weighted by atomic mass is 10.2. The molecule has 1 heterocycles. The van der Waals surface area contributed by atoms with E-state index in [4.69, 9.17) is 16.3 Å². The molecule has 8 nitrogen and oxygen atoms in total. The molecule has 0 aliphatic carbocycles. The highest BCUT2D eigenvalue weighted by Crippen LogP contribution is 2.36. The van der Waals surface area contributed by atoms with Gasteiger partial charge in [-0.15, -0.1) is 0 Å². The van der Waals surface area contributed by atoms with Crippen LogP contribution < -0.4 is 10.6 Å². The van der Waals surface area contributed by atoms with Gasteiger partial charge in [-0.3, -0.25) is 19.5 Å². The molecule has 0 aliphatic rings. The monoisotopic (exact) mass is 468 g/mol. The smallest absolute Gasteiger partial charge is 0.417 e. The molecule has 0 saturated heterocycles. The third-order valence-corrected chi connectivity index (χ3v) is 4.55. The fourth-order valence-electron chi connectivity index (χ4n) is 2.73. The highest BCUT2D eigenvalue weighted by molar-refractivity contribution is 6.31. The number of ether oxygens (including phenoxy) is 1. The highest BCUT2D eigenvalue weighted by atomic mass is 35.5. The fourth-order valence-corrected chi connectivity index (χ4v) is 2.96. The molecule has 0 spiro atoms. The molecule has 12 heteroatoms. The van der Waals surface area contributed by atoms with E-state index in [1.54, 1.807) is 24.3 Å². The Hall–Kier alpha value is -3.60. The van der Waals surface area contributed by atoms with E-state index in [2.05, 4.69) is 20.8 Å². The molecule has 3 rings (SSSR count). The molecular formula is C20H16ClF3N4O4. The zero-order chi connectivity index (χ0) is 23.3. The van der Waals surface area contributed by atoms with Gasteiger partial charge in [0.25, 0.3) is 11.8 Å². The summed E-state index contributed by atoms with van der Waals surface area (Å²) in [6.45, 7) is -0.770. The Morgan fingerprint density at radius 3 is 2.62 bits per heavy atom. The Kier molecular flexibility index (Phi) is 6.98. The molecule has 0 fully saturated rings. The summed E-state index contributed by atoms with van der Waals surface area (Å²) in [6.07, 6.45) is -4.91. The topological polar surface area (TPSA) is 113 Å². The molecule has 3 N–H and O–H groups in total. The van der Waals surface area contributed by atoms with E-state index >= 15 is 0 Å². The summed E-state index contributed by atoms with van der Waals surface area (Å²) in [5.41, 5.74) is -0.392. The molecule has 0 saturated carbocycles. The van der Waals surface area contributed by atoms with Crippen LogP contribution in [0.1, 0.15) is 22.5 Å². The molecule has 2 aromatic carbocycles. The molecule has 32 heavy (non-hydrogen) atoms. The first-order chi connectivity index (χ1) is 15.1. The summed E-state index contributed by atoms with van der Waals surface area (Å²) >= 11 is 5.51. The van der Waals surface area contributed by atoms with Crippen molar-refractivity contribution in [2.24, 2.45) is 0 Å². The fraction of sp³-hybridized carbons (Fsp3) is 0.200. The van der Waals surface area contributed by atoms with Gasteiger partial charge in [0.15, 0.2) is 12.3 Å². The number of aromatic nitrogens is 2. The number of esters is 1. The first-order valence-electron chi connectivity index (χ1n) is 9.18. The predicted octanol–water partition coefficient (Wildman–Crippen LogP) is 3.54.